The van der Waals surface area contributed by atoms with Gasteiger partial charge in [-0.2, -0.15) is 0 Å². The van der Waals surface area contributed by atoms with Crippen LogP contribution in [0.3, 0.4) is 0 Å². The van der Waals surface area contributed by atoms with Gasteiger partial charge in [0.2, 0.25) is 0 Å². The number of nitrogens with zero attached hydrogens (tertiary/aromatic N) is 1. The lowest BCUT2D eigenvalue weighted by molar-refractivity contribution is 0.0935. The number of hydrogen-bond acceptors (Lipinski definition) is 4. The Kier molecular flexibility index (Phi) is 5.66. The molecule has 0 unspecified atom stereocenters. The van der Waals surface area contributed by atoms with Crippen molar-refractivity contribution in [2.45, 2.75) is 32.7 Å². The van der Waals surface area contributed by atoms with Gasteiger partial charge in [0.25, 0.3) is 5.91 Å². The van der Waals surface area contributed by atoms with Gasteiger partial charge in [-0.05, 0) is 44.5 Å². The zero-order chi connectivity index (χ0) is 16.1. The van der Waals surface area contributed by atoms with E-state index in [0.717, 1.165) is 25.1 Å². The number of amides is 1. The second-order valence-electron chi connectivity index (χ2n) is 5.63. The molecule has 122 valence electrons. The Labute approximate surface area is 132 Å². The third-order valence-corrected chi connectivity index (χ3v) is 4.37. The third kappa shape index (κ3) is 3.35. The highest BCUT2D eigenvalue weighted by molar-refractivity contribution is 6.00. The molecule has 1 aromatic rings. The summed E-state index contributed by atoms with van der Waals surface area (Å²) in [6.45, 7) is 6.89. The van der Waals surface area contributed by atoms with Crippen molar-refractivity contribution in [2.24, 2.45) is 0 Å². The molecule has 1 fully saturated rings. The maximum Gasteiger partial charge on any atom is 0.258 e. The van der Waals surface area contributed by atoms with E-state index in [1.807, 2.05) is 13.0 Å². The topological polar surface area (TPSA) is 50.8 Å². The second-order valence-corrected chi connectivity index (χ2v) is 5.63. The van der Waals surface area contributed by atoms with Crippen LogP contribution in [0.2, 0.25) is 0 Å². The van der Waals surface area contributed by atoms with E-state index in [9.17, 15) is 4.79 Å². The van der Waals surface area contributed by atoms with Gasteiger partial charge in [-0.25, -0.2) is 0 Å². The maximum absolute atomic E-state index is 12.6. The molecule has 1 saturated heterocycles. The largest absolute Gasteiger partial charge is 0.496 e. The van der Waals surface area contributed by atoms with E-state index < -0.39 is 0 Å². The minimum Gasteiger partial charge on any atom is -0.496 e. The summed E-state index contributed by atoms with van der Waals surface area (Å²) in [6, 6.07) is 4.13. The van der Waals surface area contributed by atoms with Crippen molar-refractivity contribution < 1.29 is 14.3 Å². The van der Waals surface area contributed by atoms with Crippen LogP contribution in [-0.4, -0.2) is 50.7 Å². The Morgan fingerprint density at radius 3 is 2.77 bits per heavy atom. The Bertz CT molecular complexity index is 531. The third-order valence-electron chi connectivity index (χ3n) is 4.37. The molecule has 0 spiro atoms. The molecule has 5 nitrogen and oxygen atoms in total. The monoisotopic (exact) mass is 306 g/mol. The summed E-state index contributed by atoms with van der Waals surface area (Å²) in [5.41, 5.74) is 1.40. The molecule has 0 saturated carbocycles. The maximum atomic E-state index is 12.6. The van der Waals surface area contributed by atoms with Crippen molar-refractivity contribution in [3.05, 3.63) is 23.3 Å². The highest BCUT2D eigenvalue weighted by Crippen LogP contribution is 2.31. The van der Waals surface area contributed by atoms with E-state index in [4.69, 9.17) is 9.47 Å². The molecule has 1 aliphatic rings. The number of aryl methyl sites for hydroxylation is 1. The van der Waals surface area contributed by atoms with Crippen molar-refractivity contribution in [1.29, 1.82) is 0 Å². The summed E-state index contributed by atoms with van der Waals surface area (Å²) in [5.74, 6) is 0.981. The van der Waals surface area contributed by atoms with E-state index >= 15 is 0 Å². The van der Waals surface area contributed by atoms with E-state index in [0.29, 0.717) is 29.6 Å². The minimum absolute atomic E-state index is 0.139. The van der Waals surface area contributed by atoms with Crippen LogP contribution in [0.15, 0.2) is 12.1 Å². The summed E-state index contributed by atoms with van der Waals surface area (Å²) < 4.78 is 10.7. The van der Waals surface area contributed by atoms with Crippen LogP contribution >= 0.6 is 0 Å². The molecule has 1 N–H and O–H groups in total. The predicted octanol–water partition coefficient (Wildman–Crippen LogP) is 2.23. The zero-order valence-electron chi connectivity index (χ0n) is 13.9. The van der Waals surface area contributed by atoms with E-state index in [1.54, 1.807) is 20.3 Å². The molecule has 2 rings (SSSR count). The van der Waals surface area contributed by atoms with Crippen LogP contribution in [-0.2, 0) is 0 Å². The van der Waals surface area contributed by atoms with Crippen molar-refractivity contribution in [2.75, 3.05) is 33.9 Å². The first-order valence-electron chi connectivity index (χ1n) is 7.86. The number of likely N-dealkylation sites (N-methyl/N-ethyl adjacent to an activating group) is 1. The molecule has 5 heteroatoms. The average molecular weight is 306 g/mol. The molecule has 22 heavy (non-hydrogen) atoms. The lowest BCUT2D eigenvalue weighted by Crippen LogP contribution is -2.40. The number of nitrogens with one attached hydrogen (secondary N) is 1. The number of carbonyl (C=O) groups is 1. The molecule has 1 atom stereocenters. The van der Waals surface area contributed by atoms with Crippen molar-refractivity contribution in [3.8, 4) is 11.5 Å². The molecule has 0 radical (unpaired) electrons. The molecular formula is C17H26N2O3. The lowest BCUT2D eigenvalue weighted by atomic mass is 10.1. The predicted molar refractivity (Wildman–Crippen MR) is 86.9 cm³/mol. The van der Waals surface area contributed by atoms with Gasteiger partial charge < -0.3 is 14.8 Å². The quantitative estimate of drug-likeness (QED) is 0.875. The van der Waals surface area contributed by atoms with Gasteiger partial charge in [-0.1, -0.05) is 13.0 Å². The Balaban J connectivity index is 2.13. The van der Waals surface area contributed by atoms with Crippen LogP contribution < -0.4 is 14.8 Å². The van der Waals surface area contributed by atoms with Crippen molar-refractivity contribution in [1.82, 2.24) is 10.2 Å². The molecule has 1 heterocycles. The number of benzene rings is 1. The highest BCUT2D eigenvalue weighted by Gasteiger charge is 2.25. The second kappa shape index (κ2) is 7.49. The first kappa shape index (κ1) is 16.6. The first-order chi connectivity index (χ1) is 10.6. The van der Waals surface area contributed by atoms with Gasteiger partial charge in [-0.3, -0.25) is 9.69 Å². The van der Waals surface area contributed by atoms with Crippen LogP contribution in [0, 0.1) is 6.92 Å². The zero-order valence-corrected chi connectivity index (χ0v) is 13.9. The molecule has 1 amide bonds. The standard InChI is InChI=1S/C17H26N2O3/c1-5-19-10-6-7-13(19)11-18-17(20)15-14(21-3)9-8-12(2)16(15)22-4/h8-9,13H,5-7,10-11H2,1-4H3,(H,18,20)/t13-/m0/s1. The summed E-state index contributed by atoms with van der Waals surface area (Å²) in [7, 11) is 3.14. The van der Waals surface area contributed by atoms with Gasteiger partial charge in [0.05, 0.1) is 14.2 Å². The lowest BCUT2D eigenvalue weighted by Gasteiger charge is -2.23. The summed E-state index contributed by atoms with van der Waals surface area (Å²) in [4.78, 5) is 15.0. The van der Waals surface area contributed by atoms with Gasteiger partial charge in [0, 0.05) is 12.6 Å². The van der Waals surface area contributed by atoms with E-state index in [2.05, 4.69) is 17.1 Å². The van der Waals surface area contributed by atoms with E-state index in [1.165, 1.54) is 6.42 Å². The molecular weight excluding hydrogens is 280 g/mol. The van der Waals surface area contributed by atoms with Gasteiger partial charge in [0.15, 0.2) is 0 Å². The average Bonchev–Trinajstić information content (AvgIpc) is 2.99. The Morgan fingerprint density at radius 2 is 2.14 bits per heavy atom. The summed E-state index contributed by atoms with van der Waals surface area (Å²) >= 11 is 0. The number of ether oxygens (including phenoxy) is 2. The van der Waals surface area contributed by atoms with Crippen LogP contribution in [0.4, 0.5) is 0 Å². The molecule has 0 aliphatic carbocycles. The van der Waals surface area contributed by atoms with Gasteiger partial charge in [-0.15, -0.1) is 0 Å². The van der Waals surface area contributed by atoms with Crippen LogP contribution in [0.25, 0.3) is 0 Å². The number of carbonyl (C=O) groups excluding carboxylic acids is 1. The molecule has 0 bridgehead atoms. The first-order valence-corrected chi connectivity index (χ1v) is 7.86. The van der Waals surface area contributed by atoms with E-state index in [-0.39, 0.29) is 5.91 Å². The summed E-state index contributed by atoms with van der Waals surface area (Å²) in [5, 5.41) is 3.04. The fraction of sp³-hybridized carbons (Fsp3) is 0.588. The van der Waals surface area contributed by atoms with Gasteiger partial charge in [0.1, 0.15) is 17.1 Å². The number of methoxy groups -OCH3 is 2. The van der Waals surface area contributed by atoms with Crippen LogP contribution in [0.1, 0.15) is 35.7 Å². The van der Waals surface area contributed by atoms with Crippen molar-refractivity contribution >= 4 is 5.91 Å². The smallest absolute Gasteiger partial charge is 0.258 e. The number of hydrogen-bond donors (Lipinski definition) is 1. The fourth-order valence-corrected chi connectivity index (χ4v) is 3.16. The molecule has 1 aromatic carbocycles. The van der Waals surface area contributed by atoms with Crippen molar-refractivity contribution in [3.63, 3.8) is 0 Å². The Morgan fingerprint density at radius 1 is 1.36 bits per heavy atom. The highest BCUT2D eigenvalue weighted by atomic mass is 16.5. The van der Waals surface area contributed by atoms with Gasteiger partial charge >= 0.3 is 0 Å². The summed E-state index contributed by atoms with van der Waals surface area (Å²) in [6.07, 6.45) is 2.33. The SMILES string of the molecule is CCN1CCC[C@H]1CNC(=O)c1c(OC)ccc(C)c1OC. The van der Waals surface area contributed by atoms with Crippen LogP contribution in [0.5, 0.6) is 11.5 Å². The molecule has 1 aliphatic heterocycles. The number of rotatable bonds is 6. The normalized spacial score (nSPS) is 18.3. The fourth-order valence-electron chi connectivity index (χ4n) is 3.16. The molecule has 0 aromatic heterocycles. The number of likely N-dealkylation sites (tertiary alicyclic amines) is 1. The minimum atomic E-state index is -0.139. The Hall–Kier alpha value is -1.75.